The first-order chi connectivity index (χ1) is 15.1. The zero-order valence-electron chi connectivity index (χ0n) is 18.6. The van der Waals surface area contributed by atoms with E-state index in [9.17, 15) is 4.79 Å². The minimum Gasteiger partial charge on any atom is -0.495 e. The Kier molecular flexibility index (Phi) is 9.30. The van der Waals surface area contributed by atoms with E-state index >= 15 is 0 Å². The van der Waals surface area contributed by atoms with Crippen LogP contribution in [0.25, 0.3) is 0 Å². The number of amides is 1. The Labute approximate surface area is 191 Å². The highest BCUT2D eigenvalue weighted by molar-refractivity contribution is 6.30. The normalized spacial score (nSPS) is 22.0. The van der Waals surface area contributed by atoms with E-state index in [1.807, 2.05) is 18.2 Å². The third-order valence-electron chi connectivity index (χ3n) is 6.61. The van der Waals surface area contributed by atoms with Crippen molar-refractivity contribution in [2.45, 2.75) is 57.4 Å². The number of methoxy groups -OCH3 is 1. The lowest BCUT2D eigenvalue weighted by Gasteiger charge is -2.37. The summed E-state index contributed by atoms with van der Waals surface area (Å²) in [5.41, 5.74) is 1.09. The molecule has 1 amide bonds. The van der Waals surface area contributed by atoms with E-state index in [1.165, 1.54) is 19.3 Å². The van der Waals surface area contributed by atoms with Crippen molar-refractivity contribution in [3.63, 3.8) is 0 Å². The van der Waals surface area contributed by atoms with Crippen molar-refractivity contribution in [1.82, 2.24) is 10.2 Å². The third kappa shape index (κ3) is 7.29. The number of benzene rings is 1. The molecule has 1 aliphatic carbocycles. The number of anilines is 1. The maximum Gasteiger partial charge on any atom is 0.220 e. The van der Waals surface area contributed by atoms with Crippen molar-refractivity contribution in [3.8, 4) is 11.8 Å². The van der Waals surface area contributed by atoms with Crippen LogP contribution in [0.15, 0.2) is 18.2 Å². The van der Waals surface area contributed by atoms with E-state index < -0.39 is 0 Å². The fourth-order valence-corrected chi connectivity index (χ4v) is 4.88. The molecule has 1 aromatic carbocycles. The molecule has 0 spiro atoms. The second-order valence-corrected chi connectivity index (χ2v) is 9.17. The topological polar surface area (TPSA) is 68.6 Å². The van der Waals surface area contributed by atoms with Crippen LogP contribution in [-0.2, 0) is 4.79 Å². The van der Waals surface area contributed by atoms with Crippen LogP contribution in [0.4, 0.5) is 5.69 Å². The highest BCUT2D eigenvalue weighted by atomic mass is 35.5. The number of ether oxygens (including phenoxy) is 1. The quantitative estimate of drug-likeness (QED) is 0.575. The molecule has 2 aliphatic rings. The Morgan fingerprint density at radius 2 is 1.97 bits per heavy atom. The van der Waals surface area contributed by atoms with E-state index in [0.29, 0.717) is 25.3 Å². The number of carbonyl (C=O) groups is 1. The van der Waals surface area contributed by atoms with Crippen LogP contribution >= 0.6 is 11.6 Å². The van der Waals surface area contributed by atoms with Crippen molar-refractivity contribution in [2.75, 3.05) is 44.7 Å². The Hall–Kier alpha value is -1.97. The number of nitriles is 1. The number of nitrogens with zero attached hydrogens (tertiary/aromatic N) is 3. The van der Waals surface area contributed by atoms with Crippen molar-refractivity contribution < 1.29 is 9.53 Å². The number of nitrogens with one attached hydrogen (secondary N) is 1. The van der Waals surface area contributed by atoms with E-state index in [-0.39, 0.29) is 5.91 Å². The maximum atomic E-state index is 11.9. The summed E-state index contributed by atoms with van der Waals surface area (Å²) in [5.74, 6) is 1.75. The smallest absolute Gasteiger partial charge is 0.220 e. The number of carbonyl (C=O) groups excluding carboxylic acids is 1. The number of unbranched alkanes of at least 4 members (excludes halogenated alkanes) is 1. The molecule has 1 saturated heterocycles. The summed E-state index contributed by atoms with van der Waals surface area (Å²) in [6, 6.07) is 8.22. The molecule has 0 atom stereocenters. The highest BCUT2D eigenvalue weighted by Crippen LogP contribution is 2.32. The van der Waals surface area contributed by atoms with Crippen molar-refractivity contribution in [1.29, 1.82) is 5.26 Å². The SMILES string of the molecule is COc1ccc(Cl)cc1N1CCN(CC[C@H]2CC[C@H](NC(=O)CCCC#N)CC2)CC1. The average Bonchev–Trinajstić information content (AvgIpc) is 2.79. The first-order valence-corrected chi connectivity index (χ1v) is 11.9. The summed E-state index contributed by atoms with van der Waals surface area (Å²) < 4.78 is 5.51. The van der Waals surface area contributed by atoms with Gasteiger partial charge in [0.2, 0.25) is 5.91 Å². The molecule has 0 radical (unpaired) electrons. The second-order valence-electron chi connectivity index (χ2n) is 8.73. The van der Waals surface area contributed by atoms with Gasteiger partial charge in [0, 0.05) is 50.1 Å². The van der Waals surface area contributed by atoms with Crippen molar-refractivity contribution in [2.24, 2.45) is 5.92 Å². The average molecular weight is 447 g/mol. The van der Waals surface area contributed by atoms with Crippen LogP contribution in [0.2, 0.25) is 5.02 Å². The molecule has 2 fully saturated rings. The predicted molar refractivity (Wildman–Crippen MR) is 125 cm³/mol. The summed E-state index contributed by atoms with van der Waals surface area (Å²) in [5, 5.41) is 12.5. The molecule has 31 heavy (non-hydrogen) atoms. The summed E-state index contributed by atoms with van der Waals surface area (Å²) in [7, 11) is 1.71. The van der Waals surface area contributed by atoms with E-state index in [2.05, 4.69) is 21.2 Å². The van der Waals surface area contributed by atoms with Crippen LogP contribution in [0, 0.1) is 17.2 Å². The van der Waals surface area contributed by atoms with Gasteiger partial charge in [-0.15, -0.1) is 0 Å². The lowest BCUT2D eigenvalue weighted by Crippen LogP contribution is -2.47. The Balaban J connectivity index is 1.33. The minimum absolute atomic E-state index is 0.105. The van der Waals surface area contributed by atoms with Gasteiger partial charge in [-0.3, -0.25) is 9.69 Å². The van der Waals surface area contributed by atoms with E-state index in [1.54, 1.807) is 7.11 Å². The Bertz CT molecular complexity index is 750. The Morgan fingerprint density at radius 1 is 1.23 bits per heavy atom. The molecule has 6 nitrogen and oxygen atoms in total. The van der Waals surface area contributed by atoms with Crippen LogP contribution in [0.1, 0.15) is 51.4 Å². The summed E-state index contributed by atoms with van der Waals surface area (Å²) >= 11 is 6.20. The number of hydrogen-bond acceptors (Lipinski definition) is 5. The Morgan fingerprint density at radius 3 is 2.65 bits per heavy atom. The van der Waals surface area contributed by atoms with Gasteiger partial charge in [0.1, 0.15) is 5.75 Å². The molecule has 170 valence electrons. The van der Waals surface area contributed by atoms with Crippen LogP contribution in [0.3, 0.4) is 0 Å². The van der Waals surface area contributed by atoms with Gasteiger partial charge < -0.3 is 15.0 Å². The molecule has 0 unspecified atom stereocenters. The fraction of sp³-hybridized carbons (Fsp3) is 0.667. The molecule has 7 heteroatoms. The molecular formula is C24H35ClN4O2. The summed E-state index contributed by atoms with van der Waals surface area (Å²) in [6.45, 7) is 5.24. The molecule has 1 saturated carbocycles. The zero-order valence-corrected chi connectivity index (χ0v) is 19.4. The predicted octanol–water partition coefficient (Wildman–Crippen LogP) is 4.23. The molecule has 1 aliphatic heterocycles. The number of halogens is 1. The second kappa shape index (κ2) is 12.2. The molecule has 0 bridgehead atoms. The molecular weight excluding hydrogens is 412 g/mol. The van der Waals surface area contributed by atoms with Crippen LogP contribution < -0.4 is 15.0 Å². The van der Waals surface area contributed by atoms with Gasteiger partial charge in [0.25, 0.3) is 0 Å². The molecule has 1 aromatic rings. The van der Waals surface area contributed by atoms with Gasteiger partial charge in [0.05, 0.1) is 18.9 Å². The van der Waals surface area contributed by atoms with E-state index in [0.717, 1.165) is 67.9 Å². The van der Waals surface area contributed by atoms with Gasteiger partial charge >= 0.3 is 0 Å². The summed E-state index contributed by atoms with van der Waals surface area (Å²) in [4.78, 5) is 16.9. The molecule has 3 rings (SSSR count). The standard InChI is InChI=1S/C24H35ClN4O2/c1-31-23-10-7-20(25)18-22(23)29-16-14-28(15-17-29)13-11-19-5-8-21(9-6-19)27-24(30)4-2-3-12-26/h7,10,18-19,21H,2-6,8-9,11,13-17H2,1H3,(H,27,30)/t19-,21-. The lowest BCUT2D eigenvalue weighted by atomic mass is 9.84. The molecule has 0 aromatic heterocycles. The first kappa shape index (κ1) is 23.7. The highest BCUT2D eigenvalue weighted by Gasteiger charge is 2.24. The van der Waals surface area contributed by atoms with Gasteiger partial charge in [0.15, 0.2) is 0 Å². The molecule has 1 N–H and O–H groups in total. The van der Waals surface area contributed by atoms with Crippen molar-refractivity contribution in [3.05, 3.63) is 23.2 Å². The number of rotatable bonds is 9. The van der Waals surface area contributed by atoms with Crippen LogP contribution in [-0.4, -0.2) is 56.7 Å². The lowest BCUT2D eigenvalue weighted by molar-refractivity contribution is -0.122. The monoisotopic (exact) mass is 446 g/mol. The third-order valence-corrected chi connectivity index (χ3v) is 6.85. The van der Waals surface area contributed by atoms with Crippen molar-refractivity contribution >= 4 is 23.2 Å². The number of piperazine rings is 1. The van der Waals surface area contributed by atoms with Gasteiger partial charge in [-0.2, -0.15) is 5.26 Å². The van der Waals surface area contributed by atoms with Gasteiger partial charge in [-0.05, 0) is 69.2 Å². The first-order valence-electron chi connectivity index (χ1n) is 11.6. The summed E-state index contributed by atoms with van der Waals surface area (Å²) in [6.07, 6.45) is 7.39. The zero-order chi connectivity index (χ0) is 22.1. The van der Waals surface area contributed by atoms with Gasteiger partial charge in [-0.25, -0.2) is 0 Å². The van der Waals surface area contributed by atoms with Gasteiger partial charge in [-0.1, -0.05) is 11.6 Å². The fourth-order valence-electron chi connectivity index (χ4n) is 4.71. The van der Waals surface area contributed by atoms with Crippen LogP contribution in [0.5, 0.6) is 5.75 Å². The largest absolute Gasteiger partial charge is 0.495 e. The minimum atomic E-state index is 0.105. The maximum absolute atomic E-state index is 11.9. The molecule has 1 heterocycles. The number of hydrogen-bond donors (Lipinski definition) is 1. The van der Waals surface area contributed by atoms with E-state index in [4.69, 9.17) is 21.6 Å².